The van der Waals surface area contributed by atoms with Gasteiger partial charge in [0.25, 0.3) is 0 Å². The Morgan fingerprint density at radius 1 is 1.35 bits per heavy atom. The van der Waals surface area contributed by atoms with E-state index < -0.39 is 5.97 Å². The second-order valence-corrected chi connectivity index (χ2v) is 5.24. The van der Waals surface area contributed by atoms with Gasteiger partial charge in [0, 0.05) is 19.0 Å². The normalized spacial score (nSPS) is 12.3. The minimum atomic E-state index is -0.918. The van der Waals surface area contributed by atoms with Crippen molar-refractivity contribution in [2.24, 2.45) is 5.92 Å². The second-order valence-electron chi connectivity index (χ2n) is 5.24. The molecule has 0 aliphatic rings. The number of hydrogen-bond donors (Lipinski definition) is 1. The van der Waals surface area contributed by atoms with Crippen molar-refractivity contribution in [1.29, 1.82) is 0 Å². The highest BCUT2D eigenvalue weighted by Crippen LogP contribution is 2.21. The fourth-order valence-corrected chi connectivity index (χ4v) is 2.23. The molecule has 1 unspecified atom stereocenters. The molecule has 0 spiro atoms. The zero-order valence-electron chi connectivity index (χ0n) is 12.1. The monoisotopic (exact) mass is 272 g/mol. The summed E-state index contributed by atoms with van der Waals surface area (Å²) >= 11 is 0. The van der Waals surface area contributed by atoms with Crippen molar-refractivity contribution < 1.29 is 9.90 Å². The first-order chi connectivity index (χ1) is 9.52. The van der Waals surface area contributed by atoms with E-state index in [0.29, 0.717) is 16.9 Å². The van der Waals surface area contributed by atoms with Crippen molar-refractivity contribution in [3.8, 4) is 0 Å². The lowest BCUT2D eigenvalue weighted by atomic mass is 10.1. The summed E-state index contributed by atoms with van der Waals surface area (Å²) in [6, 6.07) is 8.92. The van der Waals surface area contributed by atoms with Gasteiger partial charge < -0.3 is 10.0 Å². The van der Waals surface area contributed by atoms with E-state index in [1.165, 1.54) is 0 Å². The first kappa shape index (κ1) is 14.3. The highest BCUT2D eigenvalue weighted by Gasteiger charge is 2.11. The van der Waals surface area contributed by atoms with Crippen LogP contribution in [0.2, 0.25) is 0 Å². The highest BCUT2D eigenvalue weighted by molar-refractivity contribution is 6.02. The maximum Gasteiger partial charge on any atom is 0.336 e. The molecule has 1 aromatic carbocycles. The van der Waals surface area contributed by atoms with Crippen LogP contribution in [0.4, 0.5) is 5.82 Å². The second kappa shape index (κ2) is 5.90. The van der Waals surface area contributed by atoms with Crippen LogP contribution in [0.25, 0.3) is 10.9 Å². The molecule has 2 aromatic rings. The van der Waals surface area contributed by atoms with Crippen LogP contribution in [0, 0.1) is 5.92 Å². The van der Waals surface area contributed by atoms with Gasteiger partial charge in [-0.25, -0.2) is 9.78 Å². The van der Waals surface area contributed by atoms with Gasteiger partial charge in [-0.1, -0.05) is 26.3 Å². The number of rotatable bonds is 5. The molecule has 0 aliphatic heterocycles. The molecule has 0 aliphatic carbocycles. The maximum atomic E-state index is 11.2. The predicted octanol–water partition coefficient (Wildman–Crippen LogP) is 3.42. The summed E-state index contributed by atoms with van der Waals surface area (Å²) in [5.74, 6) is 0.557. The van der Waals surface area contributed by atoms with E-state index in [0.717, 1.165) is 24.3 Å². The molecule has 4 heteroatoms. The summed E-state index contributed by atoms with van der Waals surface area (Å²) in [7, 11) is 2.02. The maximum absolute atomic E-state index is 11.2. The Bertz CT molecular complexity index is 625. The van der Waals surface area contributed by atoms with Crippen LogP contribution in [-0.4, -0.2) is 29.7 Å². The number of aromatic nitrogens is 1. The standard InChI is InChI=1S/C16H20N2O2/c1-4-11(2)10-18(3)15-9-8-12-13(16(19)20)6-5-7-14(12)17-15/h5-9,11H,4,10H2,1-3H3,(H,19,20). The fourth-order valence-electron chi connectivity index (χ4n) is 2.23. The van der Waals surface area contributed by atoms with Gasteiger partial charge in [-0.3, -0.25) is 0 Å². The van der Waals surface area contributed by atoms with Gasteiger partial charge >= 0.3 is 5.97 Å². The van der Waals surface area contributed by atoms with Crippen LogP contribution < -0.4 is 4.90 Å². The summed E-state index contributed by atoms with van der Waals surface area (Å²) in [6.07, 6.45) is 1.13. The number of carboxylic acids is 1. The Morgan fingerprint density at radius 2 is 2.10 bits per heavy atom. The molecule has 1 atom stereocenters. The van der Waals surface area contributed by atoms with Gasteiger partial charge in [0.05, 0.1) is 11.1 Å². The molecular weight excluding hydrogens is 252 g/mol. The summed E-state index contributed by atoms with van der Waals surface area (Å²) in [4.78, 5) is 17.9. The molecule has 0 saturated heterocycles. The minimum Gasteiger partial charge on any atom is -0.478 e. The third-order valence-electron chi connectivity index (χ3n) is 3.62. The zero-order chi connectivity index (χ0) is 14.7. The molecule has 0 radical (unpaired) electrons. The Morgan fingerprint density at radius 3 is 2.75 bits per heavy atom. The predicted molar refractivity (Wildman–Crippen MR) is 81.4 cm³/mol. The van der Waals surface area contributed by atoms with Gasteiger partial charge in [0.2, 0.25) is 0 Å². The quantitative estimate of drug-likeness (QED) is 0.906. The number of aromatic carboxylic acids is 1. The largest absolute Gasteiger partial charge is 0.478 e. The number of hydrogen-bond acceptors (Lipinski definition) is 3. The highest BCUT2D eigenvalue weighted by atomic mass is 16.4. The topological polar surface area (TPSA) is 53.4 Å². The molecule has 0 amide bonds. The minimum absolute atomic E-state index is 0.297. The molecule has 1 N–H and O–H groups in total. The lowest BCUT2D eigenvalue weighted by Crippen LogP contribution is -2.24. The first-order valence-corrected chi connectivity index (χ1v) is 6.87. The molecule has 4 nitrogen and oxygen atoms in total. The van der Waals surface area contributed by atoms with Gasteiger partial charge in [-0.05, 0) is 30.2 Å². The fraction of sp³-hybridized carbons (Fsp3) is 0.375. The molecule has 1 heterocycles. The van der Waals surface area contributed by atoms with Crippen molar-refractivity contribution in [2.45, 2.75) is 20.3 Å². The van der Waals surface area contributed by atoms with E-state index in [9.17, 15) is 9.90 Å². The third-order valence-corrected chi connectivity index (χ3v) is 3.62. The van der Waals surface area contributed by atoms with Gasteiger partial charge in [-0.15, -0.1) is 0 Å². The number of carbonyl (C=O) groups is 1. The molecule has 0 bridgehead atoms. The molecule has 0 fully saturated rings. The lowest BCUT2D eigenvalue weighted by Gasteiger charge is -2.22. The first-order valence-electron chi connectivity index (χ1n) is 6.87. The SMILES string of the molecule is CCC(C)CN(C)c1ccc2c(C(=O)O)cccc2n1. The van der Waals surface area contributed by atoms with Gasteiger partial charge in [0.1, 0.15) is 5.82 Å². The van der Waals surface area contributed by atoms with Crippen LogP contribution in [0.15, 0.2) is 30.3 Å². The zero-order valence-corrected chi connectivity index (χ0v) is 12.1. The van der Waals surface area contributed by atoms with Crippen molar-refractivity contribution >= 4 is 22.7 Å². The van der Waals surface area contributed by atoms with E-state index in [1.54, 1.807) is 12.1 Å². The van der Waals surface area contributed by atoms with E-state index >= 15 is 0 Å². The number of benzene rings is 1. The van der Waals surface area contributed by atoms with Crippen molar-refractivity contribution in [2.75, 3.05) is 18.5 Å². The Labute approximate surface area is 119 Å². The Balaban J connectivity index is 2.37. The Hall–Kier alpha value is -2.10. The number of anilines is 1. The number of carboxylic acid groups (broad SMARTS) is 1. The average Bonchev–Trinajstić information content (AvgIpc) is 2.45. The lowest BCUT2D eigenvalue weighted by molar-refractivity contribution is 0.0699. The Kier molecular flexibility index (Phi) is 4.23. The average molecular weight is 272 g/mol. The summed E-state index contributed by atoms with van der Waals surface area (Å²) in [5.41, 5.74) is 1.02. The smallest absolute Gasteiger partial charge is 0.336 e. The molecule has 106 valence electrons. The number of nitrogens with zero attached hydrogens (tertiary/aromatic N) is 2. The number of fused-ring (bicyclic) bond motifs is 1. The third kappa shape index (κ3) is 2.90. The van der Waals surface area contributed by atoms with Gasteiger partial charge in [-0.2, -0.15) is 0 Å². The van der Waals surface area contributed by atoms with Crippen LogP contribution >= 0.6 is 0 Å². The summed E-state index contributed by atoms with van der Waals surface area (Å²) in [6.45, 7) is 5.32. The van der Waals surface area contributed by atoms with Crippen LogP contribution in [0.5, 0.6) is 0 Å². The van der Waals surface area contributed by atoms with E-state index in [2.05, 4.69) is 23.7 Å². The molecular formula is C16H20N2O2. The molecule has 2 rings (SSSR count). The molecule has 1 aromatic heterocycles. The van der Waals surface area contributed by atoms with E-state index in [1.807, 2.05) is 25.2 Å². The molecule has 0 saturated carbocycles. The van der Waals surface area contributed by atoms with E-state index in [-0.39, 0.29) is 0 Å². The van der Waals surface area contributed by atoms with E-state index in [4.69, 9.17) is 0 Å². The van der Waals surface area contributed by atoms with Crippen molar-refractivity contribution in [3.63, 3.8) is 0 Å². The summed E-state index contributed by atoms with van der Waals surface area (Å²) in [5, 5.41) is 9.86. The van der Waals surface area contributed by atoms with Crippen LogP contribution in [-0.2, 0) is 0 Å². The van der Waals surface area contributed by atoms with Crippen molar-refractivity contribution in [3.05, 3.63) is 35.9 Å². The molecule has 20 heavy (non-hydrogen) atoms. The number of pyridine rings is 1. The van der Waals surface area contributed by atoms with Crippen molar-refractivity contribution in [1.82, 2.24) is 4.98 Å². The van der Waals surface area contributed by atoms with Crippen LogP contribution in [0.1, 0.15) is 30.6 Å². The summed E-state index contributed by atoms with van der Waals surface area (Å²) < 4.78 is 0. The van der Waals surface area contributed by atoms with Crippen LogP contribution in [0.3, 0.4) is 0 Å². The van der Waals surface area contributed by atoms with Gasteiger partial charge in [0.15, 0.2) is 0 Å².